The lowest BCUT2D eigenvalue weighted by molar-refractivity contribution is 0.194. The van der Waals surface area contributed by atoms with Crippen molar-refractivity contribution in [1.82, 2.24) is 15.2 Å². The van der Waals surface area contributed by atoms with Gasteiger partial charge in [0, 0.05) is 44.7 Å². The topological polar surface area (TPSA) is 61.6 Å². The average molecular weight is 429 g/mol. The van der Waals surface area contributed by atoms with Crippen molar-refractivity contribution in [2.75, 3.05) is 37.6 Å². The molecule has 0 atom stereocenters. The molecule has 1 aliphatic rings. The standard InChI is InChI=1S/C22H22ClFN4O2/c23-19-3-1-2-4-20(19)27-11-13-28(14-12-27)22(29)25-10-9-18-15-30-21(26-18)16-5-7-17(24)8-6-16/h1-8,15H,9-14H2,(H,25,29). The Kier molecular flexibility index (Phi) is 6.18. The molecule has 1 fully saturated rings. The summed E-state index contributed by atoms with van der Waals surface area (Å²) in [5, 5.41) is 3.66. The third-order valence-electron chi connectivity index (χ3n) is 5.06. The van der Waals surface area contributed by atoms with Gasteiger partial charge < -0.3 is 19.5 Å². The lowest BCUT2D eigenvalue weighted by atomic mass is 10.2. The number of anilines is 1. The van der Waals surface area contributed by atoms with Crippen LogP contribution in [0, 0.1) is 5.82 Å². The summed E-state index contributed by atoms with van der Waals surface area (Å²) >= 11 is 6.27. The fraction of sp³-hybridized carbons (Fsp3) is 0.273. The van der Waals surface area contributed by atoms with E-state index in [0.717, 1.165) is 29.5 Å². The number of oxazole rings is 1. The van der Waals surface area contributed by atoms with Gasteiger partial charge in [-0.05, 0) is 36.4 Å². The van der Waals surface area contributed by atoms with E-state index in [9.17, 15) is 9.18 Å². The molecule has 1 N–H and O–H groups in total. The lowest BCUT2D eigenvalue weighted by Crippen LogP contribution is -2.52. The molecule has 2 aromatic carbocycles. The smallest absolute Gasteiger partial charge is 0.317 e. The van der Waals surface area contributed by atoms with Gasteiger partial charge >= 0.3 is 6.03 Å². The molecule has 0 radical (unpaired) electrons. The minimum Gasteiger partial charge on any atom is -0.444 e. The number of para-hydroxylation sites is 1. The second-order valence-corrected chi connectivity index (χ2v) is 7.47. The van der Waals surface area contributed by atoms with Crippen molar-refractivity contribution in [1.29, 1.82) is 0 Å². The number of carbonyl (C=O) groups is 1. The summed E-state index contributed by atoms with van der Waals surface area (Å²) < 4.78 is 18.5. The van der Waals surface area contributed by atoms with E-state index in [1.165, 1.54) is 12.1 Å². The van der Waals surface area contributed by atoms with Gasteiger partial charge in [-0.15, -0.1) is 0 Å². The molecule has 2 heterocycles. The summed E-state index contributed by atoms with van der Waals surface area (Å²) in [5.41, 5.74) is 2.45. The number of nitrogens with one attached hydrogen (secondary N) is 1. The molecule has 6 nitrogen and oxygen atoms in total. The Labute approximate surface area is 179 Å². The third kappa shape index (κ3) is 4.74. The van der Waals surface area contributed by atoms with Crippen LogP contribution in [0.25, 0.3) is 11.5 Å². The van der Waals surface area contributed by atoms with Crippen molar-refractivity contribution < 1.29 is 13.6 Å². The minimum absolute atomic E-state index is 0.0870. The molecule has 1 saturated heterocycles. The second kappa shape index (κ2) is 9.17. The highest BCUT2D eigenvalue weighted by atomic mass is 35.5. The first-order chi connectivity index (χ1) is 14.6. The number of carbonyl (C=O) groups excluding carboxylic acids is 1. The SMILES string of the molecule is O=C(NCCc1coc(-c2ccc(F)cc2)n1)N1CCN(c2ccccc2Cl)CC1. The van der Waals surface area contributed by atoms with E-state index in [1.54, 1.807) is 23.3 Å². The van der Waals surface area contributed by atoms with E-state index >= 15 is 0 Å². The molecule has 1 aliphatic heterocycles. The van der Waals surface area contributed by atoms with E-state index in [-0.39, 0.29) is 11.8 Å². The predicted octanol–water partition coefficient (Wildman–Crippen LogP) is 4.21. The number of aromatic nitrogens is 1. The summed E-state index contributed by atoms with van der Waals surface area (Å²) in [6.45, 7) is 3.20. The number of nitrogens with zero attached hydrogens (tertiary/aromatic N) is 3. The van der Waals surface area contributed by atoms with Crippen LogP contribution in [-0.4, -0.2) is 48.6 Å². The van der Waals surface area contributed by atoms with Gasteiger partial charge in [0.15, 0.2) is 0 Å². The zero-order chi connectivity index (χ0) is 20.9. The summed E-state index contributed by atoms with van der Waals surface area (Å²) in [5.74, 6) is 0.132. The van der Waals surface area contributed by atoms with Gasteiger partial charge in [-0.2, -0.15) is 0 Å². The van der Waals surface area contributed by atoms with Crippen molar-refractivity contribution >= 4 is 23.3 Å². The van der Waals surface area contributed by atoms with Crippen LogP contribution in [0.15, 0.2) is 59.2 Å². The first-order valence-electron chi connectivity index (χ1n) is 9.83. The monoisotopic (exact) mass is 428 g/mol. The highest BCUT2D eigenvalue weighted by molar-refractivity contribution is 6.33. The van der Waals surface area contributed by atoms with Crippen molar-refractivity contribution in [2.45, 2.75) is 6.42 Å². The summed E-state index contributed by atoms with van der Waals surface area (Å²) in [7, 11) is 0. The molecule has 1 aromatic heterocycles. The molecular formula is C22H22ClFN4O2. The van der Waals surface area contributed by atoms with Gasteiger partial charge in [0.2, 0.25) is 5.89 Å². The van der Waals surface area contributed by atoms with Crippen LogP contribution in [0.4, 0.5) is 14.9 Å². The maximum atomic E-state index is 13.0. The first-order valence-corrected chi connectivity index (χ1v) is 10.2. The molecule has 0 spiro atoms. The Morgan fingerprint density at radius 3 is 2.57 bits per heavy atom. The van der Waals surface area contributed by atoms with Gasteiger partial charge in [-0.1, -0.05) is 23.7 Å². The van der Waals surface area contributed by atoms with Gasteiger partial charge in [0.25, 0.3) is 0 Å². The highest BCUT2D eigenvalue weighted by Crippen LogP contribution is 2.26. The molecule has 8 heteroatoms. The van der Waals surface area contributed by atoms with E-state index in [0.29, 0.717) is 37.5 Å². The number of halogens is 2. The molecule has 3 aromatic rings. The van der Waals surface area contributed by atoms with Crippen molar-refractivity contribution in [2.24, 2.45) is 0 Å². The zero-order valence-corrected chi connectivity index (χ0v) is 17.1. The molecule has 0 saturated carbocycles. The van der Waals surface area contributed by atoms with Crippen LogP contribution in [0.3, 0.4) is 0 Å². The van der Waals surface area contributed by atoms with E-state index in [4.69, 9.17) is 16.0 Å². The van der Waals surface area contributed by atoms with Crippen LogP contribution in [-0.2, 0) is 6.42 Å². The molecule has 156 valence electrons. The van der Waals surface area contributed by atoms with E-state index in [2.05, 4.69) is 15.2 Å². The van der Waals surface area contributed by atoms with E-state index < -0.39 is 0 Å². The Balaban J connectivity index is 1.23. The lowest BCUT2D eigenvalue weighted by Gasteiger charge is -2.36. The molecule has 0 bridgehead atoms. The Hall–Kier alpha value is -3.06. The number of rotatable bonds is 5. The molecule has 30 heavy (non-hydrogen) atoms. The van der Waals surface area contributed by atoms with Crippen molar-refractivity contribution in [3.63, 3.8) is 0 Å². The molecule has 4 rings (SSSR count). The number of hydrogen-bond acceptors (Lipinski definition) is 4. The van der Waals surface area contributed by atoms with Crippen LogP contribution in [0.2, 0.25) is 5.02 Å². The first kappa shape index (κ1) is 20.2. The maximum Gasteiger partial charge on any atom is 0.317 e. The van der Waals surface area contributed by atoms with Crippen molar-refractivity contribution in [3.8, 4) is 11.5 Å². The largest absolute Gasteiger partial charge is 0.444 e. The number of hydrogen-bond donors (Lipinski definition) is 1. The van der Waals surface area contributed by atoms with Gasteiger partial charge in [0.05, 0.1) is 16.4 Å². The fourth-order valence-electron chi connectivity index (χ4n) is 3.41. The molecular weight excluding hydrogens is 407 g/mol. The summed E-state index contributed by atoms with van der Waals surface area (Å²) in [4.78, 5) is 20.8. The Bertz CT molecular complexity index is 1000. The molecule has 0 aliphatic carbocycles. The van der Waals surface area contributed by atoms with Gasteiger partial charge in [-0.25, -0.2) is 14.2 Å². The number of benzene rings is 2. The third-order valence-corrected chi connectivity index (χ3v) is 5.38. The van der Waals surface area contributed by atoms with Crippen LogP contribution >= 0.6 is 11.6 Å². The number of amides is 2. The fourth-order valence-corrected chi connectivity index (χ4v) is 3.67. The highest BCUT2D eigenvalue weighted by Gasteiger charge is 2.22. The van der Waals surface area contributed by atoms with Crippen molar-refractivity contribution in [3.05, 3.63) is 71.3 Å². The summed E-state index contributed by atoms with van der Waals surface area (Å²) in [6.07, 6.45) is 2.11. The Morgan fingerprint density at radius 1 is 1.10 bits per heavy atom. The predicted molar refractivity (Wildman–Crippen MR) is 114 cm³/mol. The van der Waals surface area contributed by atoms with Gasteiger partial charge in [0.1, 0.15) is 12.1 Å². The van der Waals surface area contributed by atoms with Crippen LogP contribution in [0.1, 0.15) is 5.69 Å². The van der Waals surface area contributed by atoms with Crippen LogP contribution in [0.5, 0.6) is 0 Å². The second-order valence-electron chi connectivity index (χ2n) is 7.06. The molecule has 2 amide bonds. The zero-order valence-electron chi connectivity index (χ0n) is 16.4. The average Bonchev–Trinajstić information content (AvgIpc) is 3.23. The number of urea groups is 1. The summed E-state index contributed by atoms with van der Waals surface area (Å²) in [6, 6.07) is 13.6. The normalized spacial score (nSPS) is 14.1. The molecule has 0 unspecified atom stereocenters. The van der Waals surface area contributed by atoms with E-state index in [1.807, 2.05) is 24.3 Å². The van der Waals surface area contributed by atoms with Crippen LogP contribution < -0.4 is 10.2 Å². The quantitative estimate of drug-likeness (QED) is 0.661. The van der Waals surface area contributed by atoms with Gasteiger partial charge in [-0.3, -0.25) is 0 Å². The number of piperazine rings is 1. The maximum absolute atomic E-state index is 13.0. The Morgan fingerprint density at radius 2 is 1.83 bits per heavy atom. The minimum atomic E-state index is -0.305.